The second-order valence-corrected chi connectivity index (χ2v) is 7.78. The van der Waals surface area contributed by atoms with Gasteiger partial charge in [-0.3, -0.25) is 0 Å². The van der Waals surface area contributed by atoms with Gasteiger partial charge >= 0.3 is 0 Å². The number of hydrogen-bond acceptors (Lipinski definition) is 4. The smallest absolute Gasteiger partial charge is 0.247 e. The molecule has 1 N–H and O–H groups in total. The zero-order valence-corrected chi connectivity index (χ0v) is 17.7. The normalized spacial score (nSPS) is 12.0. The van der Waals surface area contributed by atoms with Crippen LogP contribution < -0.4 is 5.32 Å². The van der Waals surface area contributed by atoms with Crippen molar-refractivity contribution >= 4 is 33.2 Å². The number of aromatic nitrogens is 2. The summed E-state index contributed by atoms with van der Waals surface area (Å²) < 4.78 is 20.6. The molecule has 4 nitrogen and oxygen atoms in total. The third kappa shape index (κ3) is 4.33. The molecule has 3 aromatic carbocycles. The summed E-state index contributed by atoms with van der Waals surface area (Å²) in [5.41, 5.74) is 3.36. The standard InChI is InChI=1S/C22H16BrClFN3O/c1-13-11-16(8-10-18(13)23)26-20(17-9-7-15(25)12-19(17)24)22-28-27-21(29-22)14-5-3-2-4-6-14/h2-12,20,26H,1H3. The highest BCUT2D eigenvalue weighted by atomic mass is 79.9. The molecular weight excluding hydrogens is 457 g/mol. The number of nitrogens with one attached hydrogen (secondary N) is 1. The fourth-order valence-corrected chi connectivity index (χ4v) is 3.48. The summed E-state index contributed by atoms with van der Waals surface area (Å²) in [6, 6.07) is 19.1. The summed E-state index contributed by atoms with van der Waals surface area (Å²) in [7, 11) is 0. The van der Waals surface area contributed by atoms with Gasteiger partial charge in [0.15, 0.2) is 0 Å². The Morgan fingerprint density at radius 1 is 1.03 bits per heavy atom. The minimum absolute atomic E-state index is 0.274. The zero-order chi connectivity index (χ0) is 20.4. The van der Waals surface area contributed by atoms with Gasteiger partial charge in [0.05, 0.1) is 0 Å². The van der Waals surface area contributed by atoms with E-state index in [0.717, 1.165) is 21.3 Å². The van der Waals surface area contributed by atoms with Crippen LogP contribution in [0, 0.1) is 12.7 Å². The van der Waals surface area contributed by atoms with E-state index in [1.807, 2.05) is 55.5 Å². The zero-order valence-electron chi connectivity index (χ0n) is 15.4. The highest BCUT2D eigenvalue weighted by Crippen LogP contribution is 2.33. The molecule has 7 heteroatoms. The number of aryl methyl sites for hydroxylation is 1. The molecule has 1 atom stereocenters. The lowest BCUT2D eigenvalue weighted by molar-refractivity contribution is 0.494. The number of benzene rings is 3. The quantitative estimate of drug-likeness (QED) is 0.347. The van der Waals surface area contributed by atoms with Gasteiger partial charge in [-0.15, -0.1) is 10.2 Å². The maximum absolute atomic E-state index is 13.6. The maximum atomic E-state index is 13.6. The van der Waals surface area contributed by atoms with E-state index < -0.39 is 11.9 Å². The second-order valence-electron chi connectivity index (χ2n) is 6.52. The molecule has 29 heavy (non-hydrogen) atoms. The van der Waals surface area contributed by atoms with Crippen molar-refractivity contribution in [3.8, 4) is 11.5 Å². The van der Waals surface area contributed by atoms with Crippen molar-refractivity contribution < 1.29 is 8.81 Å². The van der Waals surface area contributed by atoms with E-state index in [9.17, 15) is 4.39 Å². The average Bonchev–Trinajstić information content (AvgIpc) is 3.20. The van der Waals surface area contributed by atoms with Gasteiger partial charge in [-0.25, -0.2) is 4.39 Å². The first-order chi connectivity index (χ1) is 14.0. The Kier molecular flexibility index (Phi) is 5.65. The van der Waals surface area contributed by atoms with Gasteiger partial charge in [0.2, 0.25) is 11.8 Å². The minimum atomic E-state index is -0.548. The van der Waals surface area contributed by atoms with Gasteiger partial charge in [0, 0.05) is 26.3 Å². The summed E-state index contributed by atoms with van der Waals surface area (Å²) in [6.45, 7) is 2.00. The number of nitrogens with zero attached hydrogens (tertiary/aromatic N) is 2. The Hall–Kier alpha value is -2.70. The SMILES string of the molecule is Cc1cc(NC(c2nnc(-c3ccccc3)o2)c2ccc(F)cc2Cl)ccc1Br. The van der Waals surface area contributed by atoms with Crippen LogP contribution in [0.1, 0.15) is 23.1 Å². The Labute approximate surface area is 180 Å². The number of rotatable bonds is 5. The topological polar surface area (TPSA) is 51.0 Å². The first-order valence-corrected chi connectivity index (χ1v) is 10.0. The van der Waals surface area contributed by atoms with Crippen LogP contribution in [0.3, 0.4) is 0 Å². The molecule has 0 aliphatic rings. The van der Waals surface area contributed by atoms with Gasteiger partial charge in [-0.2, -0.15) is 0 Å². The van der Waals surface area contributed by atoms with Crippen LogP contribution >= 0.6 is 27.5 Å². The van der Waals surface area contributed by atoms with Crippen molar-refractivity contribution in [1.82, 2.24) is 10.2 Å². The number of halogens is 3. The fraction of sp³-hybridized carbons (Fsp3) is 0.0909. The Balaban J connectivity index is 1.76. The molecule has 4 aromatic rings. The van der Waals surface area contributed by atoms with E-state index in [0.29, 0.717) is 17.3 Å². The largest absolute Gasteiger partial charge is 0.418 e. The van der Waals surface area contributed by atoms with Crippen LogP contribution in [0.15, 0.2) is 75.6 Å². The average molecular weight is 473 g/mol. The molecule has 1 unspecified atom stereocenters. The Bertz CT molecular complexity index is 1150. The van der Waals surface area contributed by atoms with Gasteiger partial charge in [0.25, 0.3) is 0 Å². The molecule has 0 amide bonds. The molecular formula is C22H16BrClFN3O. The van der Waals surface area contributed by atoms with Crippen LogP contribution in [-0.2, 0) is 0 Å². The third-order valence-corrected chi connectivity index (χ3v) is 5.67. The van der Waals surface area contributed by atoms with E-state index >= 15 is 0 Å². The molecule has 0 radical (unpaired) electrons. The van der Waals surface area contributed by atoms with E-state index in [1.165, 1.54) is 12.1 Å². The van der Waals surface area contributed by atoms with Crippen molar-refractivity contribution in [1.29, 1.82) is 0 Å². The third-order valence-electron chi connectivity index (χ3n) is 4.45. The van der Waals surface area contributed by atoms with E-state index in [2.05, 4.69) is 31.4 Å². The molecule has 0 saturated heterocycles. The first-order valence-electron chi connectivity index (χ1n) is 8.88. The first kappa shape index (κ1) is 19.6. The van der Waals surface area contributed by atoms with Crippen molar-refractivity contribution in [2.75, 3.05) is 5.32 Å². The lowest BCUT2D eigenvalue weighted by Gasteiger charge is -2.19. The molecule has 0 aliphatic carbocycles. The van der Waals surface area contributed by atoms with Crippen LogP contribution in [0.5, 0.6) is 0 Å². The van der Waals surface area contributed by atoms with Gasteiger partial charge in [0.1, 0.15) is 11.9 Å². The number of anilines is 1. The highest BCUT2D eigenvalue weighted by molar-refractivity contribution is 9.10. The fourth-order valence-electron chi connectivity index (χ4n) is 2.96. The van der Waals surface area contributed by atoms with E-state index in [4.69, 9.17) is 16.0 Å². The summed E-state index contributed by atoms with van der Waals surface area (Å²) >= 11 is 9.85. The van der Waals surface area contributed by atoms with Crippen molar-refractivity contribution in [2.45, 2.75) is 13.0 Å². The monoisotopic (exact) mass is 471 g/mol. The predicted octanol–water partition coefficient (Wildman–Crippen LogP) is 6.80. The molecule has 0 spiro atoms. The lowest BCUT2D eigenvalue weighted by atomic mass is 10.1. The van der Waals surface area contributed by atoms with E-state index in [-0.39, 0.29) is 5.02 Å². The molecule has 1 aromatic heterocycles. The van der Waals surface area contributed by atoms with Crippen molar-refractivity contribution in [2.24, 2.45) is 0 Å². The predicted molar refractivity (Wildman–Crippen MR) is 115 cm³/mol. The summed E-state index contributed by atoms with van der Waals surface area (Å²) in [4.78, 5) is 0. The molecule has 4 rings (SSSR count). The van der Waals surface area contributed by atoms with Crippen LogP contribution in [0.4, 0.5) is 10.1 Å². The second kappa shape index (κ2) is 8.35. The molecule has 0 fully saturated rings. The van der Waals surface area contributed by atoms with Crippen LogP contribution in [0.25, 0.3) is 11.5 Å². The Morgan fingerprint density at radius 3 is 2.55 bits per heavy atom. The molecule has 0 bridgehead atoms. The highest BCUT2D eigenvalue weighted by Gasteiger charge is 2.24. The molecule has 1 heterocycles. The van der Waals surface area contributed by atoms with Gasteiger partial charge in [-0.1, -0.05) is 51.8 Å². The summed E-state index contributed by atoms with van der Waals surface area (Å²) in [5.74, 6) is 0.322. The van der Waals surface area contributed by atoms with Gasteiger partial charge in [-0.05, 0) is 55.0 Å². The summed E-state index contributed by atoms with van der Waals surface area (Å²) in [6.07, 6.45) is 0. The maximum Gasteiger partial charge on any atom is 0.247 e. The summed E-state index contributed by atoms with van der Waals surface area (Å²) in [5, 5.41) is 12.1. The van der Waals surface area contributed by atoms with E-state index in [1.54, 1.807) is 6.07 Å². The number of hydrogen-bond donors (Lipinski definition) is 1. The Morgan fingerprint density at radius 2 is 1.83 bits per heavy atom. The molecule has 146 valence electrons. The minimum Gasteiger partial charge on any atom is -0.418 e. The van der Waals surface area contributed by atoms with Crippen molar-refractivity contribution in [3.63, 3.8) is 0 Å². The van der Waals surface area contributed by atoms with Crippen molar-refractivity contribution in [3.05, 3.63) is 99.1 Å². The van der Waals surface area contributed by atoms with Crippen LogP contribution in [-0.4, -0.2) is 10.2 Å². The lowest BCUT2D eigenvalue weighted by Crippen LogP contribution is -2.14. The molecule has 0 saturated carbocycles. The van der Waals surface area contributed by atoms with Gasteiger partial charge < -0.3 is 9.73 Å². The molecule has 0 aliphatic heterocycles. The van der Waals surface area contributed by atoms with Crippen LogP contribution in [0.2, 0.25) is 5.02 Å².